The van der Waals surface area contributed by atoms with Crippen LogP contribution in [0.25, 0.3) is 0 Å². The highest BCUT2D eigenvalue weighted by molar-refractivity contribution is 4.54. The summed E-state index contributed by atoms with van der Waals surface area (Å²) in [7, 11) is 1.75. The second-order valence-corrected chi connectivity index (χ2v) is 3.31. The number of ether oxygens (including phenoxy) is 1. The third-order valence-corrected chi connectivity index (χ3v) is 2.04. The lowest BCUT2D eigenvalue weighted by molar-refractivity contribution is 0.117. The molecule has 1 N–H and O–H groups in total. The van der Waals surface area contributed by atoms with E-state index in [2.05, 4.69) is 19.2 Å². The molecule has 2 heteroatoms. The number of hydrogen-bond acceptors (Lipinski definition) is 2. The van der Waals surface area contributed by atoms with E-state index in [4.69, 9.17) is 4.74 Å². The predicted octanol–water partition coefficient (Wildman–Crippen LogP) is 2.19. The lowest BCUT2D eigenvalue weighted by Crippen LogP contribution is -2.26. The van der Waals surface area contributed by atoms with E-state index in [1.165, 1.54) is 25.7 Å². The molecule has 0 spiro atoms. The molecular formula is C10H23NO. The SMILES string of the molecule is CCCCCCNCC(C)OC. The zero-order chi connectivity index (χ0) is 9.23. The van der Waals surface area contributed by atoms with Gasteiger partial charge in [0.15, 0.2) is 0 Å². The molecule has 0 bridgehead atoms. The molecule has 0 saturated heterocycles. The van der Waals surface area contributed by atoms with Gasteiger partial charge in [0.2, 0.25) is 0 Å². The molecule has 0 aliphatic heterocycles. The Hall–Kier alpha value is -0.0800. The molecule has 0 saturated carbocycles. The van der Waals surface area contributed by atoms with Gasteiger partial charge in [0.1, 0.15) is 0 Å². The fourth-order valence-corrected chi connectivity index (χ4v) is 1.07. The Morgan fingerprint density at radius 1 is 1.25 bits per heavy atom. The number of unbranched alkanes of at least 4 members (excludes halogenated alkanes) is 3. The number of hydrogen-bond donors (Lipinski definition) is 1. The molecule has 0 heterocycles. The molecule has 2 nitrogen and oxygen atoms in total. The second kappa shape index (κ2) is 9.01. The molecule has 0 aromatic carbocycles. The number of rotatable bonds is 8. The van der Waals surface area contributed by atoms with Gasteiger partial charge in [-0.1, -0.05) is 26.2 Å². The van der Waals surface area contributed by atoms with Crippen LogP contribution in [0.1, 0.15) is 39.5 Å². The van der Waals surface area contributed by atoms with Crippen molar-refractivity contribution in [1.82, 2.24) is 5.32 Å². The van der Waals surface area contributed by atoms with Crippen LogP contribution in [0.5, 0.6) is 0 Å². The largest absolute Gasteiger partial charge is 0.380 e. The summed E-state index contributed by atoms with van der Waals surface area (Å²) < 4.78 is 5.12. The Bertz CT molecular complexity index is 85.9. The first kappa shape index (κ1) is 11.9. The normalized spacial score (nSPS) is 13.2. The smallest absolute Gasteiger partial charge is 0.0667 e. The highest BCUT2D eigenvalue weighted by Gasteiger charge is 1.96. The van der Waals surface area contributed by atoms with Crippen LogP contribution in [0.2, 0.25) is 0 Å². The van der Waals surface area contributed by atoms with E-state index in [0.717, 1.165) is 13.1 Å². The zero-order valence-corrected chi connectivity index (χ0v) is 8.73. The lowest BCUT2D eigenvalue weighted by atomic mass is 10.2. The van der Waals surface area contributed by atoms with Crippen molar-refractivity contribution in [3.8, 4) is 0 Å². The zero-order valence-electron chi connectivity index (χ0n) is 8.73. The highest BCUT2D eigenvalue weighted by atomic mass is 16.5. The van der Waals surface area contributed by atoms with Crippen molar-refractivity contribution in [1.29, 1.82) is 0 Å². The van der Waals surface area contributed by atoms with Crippen LogP contribution in [0.3, 0.4) is 0 Å². The summed E-state index contributed by atoms with van der Waals surface area (Å²) in [5, 5.41) is 3.37. The van der Waals surface area contributed by atoms with Crippen LogP contribution < -0.4 is 5.32 Å². The molecule has 1 unspecified atom stereocenters. The van der Waals surface area contributed by atoms with Crippen molar-refractivity contribution in [2.75, 3.05) is 20.2 Å². The van der Waals surface area contributed by atoms with Crippen LogP contribution in [-0.2, 0) is 4.74 Å². The third-order valence-electron chi connectivity index (χ3n) is 2.04. The fourth-order valence-electron chi connectivity index (χ4n) is 1.07. The van der Waals surface area contributed by atoms with E-state index in [1.54, 1.807) is 7.11 Å². The van der Waals surface area contributed by atoms with Gasteiger partial charge < -0.3 is 10.1 Å². The maximum atomic E-state index is 5.12. The van der Waals surface area contributed by atoms with Gasteiger partial charge in [-0.05, 0) is 19.9 Å². The maximum absolute atomic E-state index is 5.12. The van der Waals surface area contributed by atoms with Crippen LogP contribution in [0, 0.1) is 0 Å². The van der Waals surface area contributed by atoms with Gasteiger partial charge in [-0.15, -0.1) is 0 Å². The topological polar surface area (TPSA) is 21.3 Å². The van der Waals surface area contributed by atoms with Crippen LogP contribution in [-0.4, -0.2) is 26.3 Å². The van der Waals surface area contributed by atoms with E-state index in [0.29, 0.717) is 6.10 Å². The van der Waals surface area contributed by atoms with E-state index < -0.39 is 0 Å². The van der Waals surface area contributed by atoms with Gasteiger partial charge in [0, 0.05) is 13.7 Å². The van der Waals surface area contributed by atoms with Gasteiger partial charge in [0.25, 0.3) is 0 Å². The summed E-state index contributed by atoms with van der Waals surface area (Å²) in [6, 6.07) is 0. The highest BCUT2D eigenvalue weighted by Crippen LogP contribution is 1.96. The molecule has 0 radical (unpaired) electrons. The lowest BCUT2D eigenvalue weighted by Gasteiger charge is -2.10. The first-order chi connectivity index (χ1) is 5.81. The molecule has 0 amide bonds. The summed E-state index contributed by atoms with van der Waals surface area (Å²) in [4.78, 5) is 0. The monoisotopic (exact) mass is 173 g/mol. The summed E-state index contributed by atoms with van der Waals surface area (Å²) in [5.74, 6) is 0. The molecule has 0 fully saturated rings. The molecule has 1 atom stereocenters. The average molecular weight is 173 g/mol. The molecule has 74 valence electrons. The van der Waals surface area contributed by atoms with Crippen molar-refractivity contribution < 1.29 is 4.74 Å². The van der Waals surface area contributed by atoms with Crippen molar-refractivity contribution in [2.45, 2.75) is 45.6 Å². The van der Waals surface area contributed by atoms with E-state index in [9.17, 15) is 0 Å². The first-order valence-electron chi connectivity index (χ1n) is 5.04. The van der Waals surface area contributed by atoms with Gasteiger partial charge in [-0.25, -0.2) is 0 Å². The summed E-state index contributed by atoms with van der Waals surface area (Å²) in [6.45, 7) is 6.43. The summed E-state index contributed by atoms with van der Waals surface area (Å²) in [6.07, 6.45) is 5.67. The van der Waals surface area contributed by atoms with E-state index >= 15 is 0 Å². The maximum Gasteiger partial charge on any atom is 0.0667 e. The van der Waals surface area contributed by atoms with Crippen molar-refractivity contribution >= 4 is 0 Å². The quantitative estimate of drug-likeness (QED) is 0.568. The summed E-state index contributed by atoms with van der Waals surface area (Å²) in [5.41, 5.74) is 0. The Balaban J connectivity index is 2.90. The molecule has 0 aliphatic rings. The van der Waals surface area contributed by atoms with Crippen LogP contribution in [0.4, 0.5) is 0 Å². The predicted molar refractivity (Wildman–Crippen MR) is 53.5 cm³/mol. The molecule has 0 aromatic rings. The molecule has 0 aliphatic carbocycles. The van der Waals surface area contributed by atoms with Crippen molar-refractivity contribution in [3.63, 3.8) is 0 Å². The Morgan fingerprint density at radius 3 is 2.58 bits per heavy atom. The molecule has 12 heavy (non-hydrogen) atoms. The summed E-state index contributed by atoms with van der Waals surface area (Å²) >= 11 is 0. The Labute approximate surface area is 76.7 Å². The minimum atomic E-state index is 0.344. The third kappa shape index (κ3) is 8.02. The Morgan fingerprint density at radius 2 is 2.00 bits per heavy atom. The van der Waals surface area contributed by atoms with E-state index in [-0.39, 0.29) is 0 Å². The van der Waals surface area contributed by atoms with Gasteiger partial charge in [-0.3, -0.25) is 0 Å². The standard InChI is InChI=1S/C10H23NO/c1-4-5-6-7-8-11-9-10(2)12-3/h10-11H,4-9H2,1-3H3. The fraction of sp³-hybridized carbons (Fsp3) is 1.00. The van der Waals surface area contributed by atoms with Gasteiger partial charge in [-0.2, -0.15) is 0 Å². The minimum absolute atomic E-state index is 0.344. The minimum Gasteiger partial charge on any atom is -0.380 e. The number of methoxy groups -OCH3 is 1. The van der Waals surface area contributed by atoms with Crippen molar-refractivity contribution in [2.24, 2.45) is 0 Å². The van der Waals surface area contributed by atoms with Crippen LogP contribution in [0.15, 0.2) is 0 Å². The van der Waals surface area contributed by atoms with Crippen LogP contribution >= 0.6 is 0 Å². The first-order valence-corrected chi connectivity index (χ1v) is 5.04. The molecule has 0 rings (SSSR count). The van der Waals surface area contributed by atoms with Crippen molar-refractivity contribution in [3.05, 3.63) is 0 Å². The average Bonchev–Trinajstić information content (AvgIpc) is 2.10. The molecular weight excluding hydrogens is 150 g/mol. The van der Waals surface area contributed by atoms with Gasteiger partial charge >= 0.3 is 0 Å². The van der Waals surface area contributed by atoms with Gasteiger partial charge in [0.05, 0.1) is 6.10 Å². The van der Waals surface area contributed by atoms with E-state index in [1.807, 2.05) is 0 Å². The number of nitrogens with one attached hydrogen (secondary N) is 1. The Kier molecular flexibility index (Phi) is 8.95. The molecule has 0 aromatic heterocycles. The second-order valence-electron chi connectivity index (χ2n) is 3.31.